The van der Waals surface area contributed by atoms with Gasteiger partial charge in [0.25, 0.3) is 0 Å². The summed E-state index contributed by atoms with van der Waals surface area (Å²) in [5, 5.41) is 0. The second-order valence-corrected chi connectivity index (χ2v) is 4.70. The van der Waals surface area contributed by atoms with Gasteiger partial charge in [0, 0.05) is 25.7 Å². The Hall–Kier alpha value is -0.120. The molecule has 0 aromatic heterocycles. The van der Waals surface area contributed by atoms with Gasteiger partial charge in [-0.3, -0.25) is 4.90 Å². The molecule has 1 aliphatic rings. The lowest BCUT2D eigenvalue weighted by molar-refractivity contribution is -0.135. The summed E-state index contributed by atoms with van der Waals surface area (Å²) in [5.41, 5.74) is 5.63. The normalized spacial score (nSPS) is 31.6. The molecule has 3 nitrogen and oxygen atoms in total. The highest BCUT2D eigenvalue weighted by Crippen LogP contribution is 2.21. The van der Waals surface area contributed by atoms with Crippen molar-refractivity contribution in [2.75, 3.05) is 19.6 Å². The number of rotatable bonds is 2. The topological polar surface area (TPSA) is 38.5 Å². The number of ether oxygens (including phenoxy) is 1. The summed E-state index contributed by atoms with van der Waals surface area (Å²) >= 11 is 0. The molecule has 2 unspecified atom stereocenters. The fraction of sp³-hybridized carbons (Fsp3) is 1.00. The molecule has 0 saturated carbocycles. The van der Waals surface area contributed by atoms with Gasteiger partial charge < -0.3 is 10.5 Å². The van der Waals surface area contributed by atoms with E-state index in [1.54, 1.807) is 0 Å². The van der Waals surface area contributed by atoms with Gasteiger partial charge in [0.2, 0.25) is 0 Å². The van der Waals surface area contributed by atoms with E-state index in [2.05, 4.69) is 32.6 Å². The van der Waals surface area contributed by atoms with Gasteiger partial charge in [-0.2, -0.15) is 0 Å². The fourth-order valence-corrected chi connectivity index (χ4v) is 1.99. The lowest BCUT2D eigenvalue weighted by atomic mass is 10.0. The molecule has 0 aromatic carbocycles. The van der Waals surface area contributed by atoms with Crippen molar-refractivity contribution in [3.8, 4) is 0 Å². The molecule has 0 bridgehead atoms. The number of hydrogen-bond acceptors (Lipinski definition) is 3. The van der Waals surface area contributed by atoms with Crippen LogP contribution in [0.15, 0.2) is 0 Å². The SMILES string of the molecule is CC1CN(C(C)CN)CC(C)(C)O1. The number of morpholine rings is 1. The third-order valence-corrected chi connectivity index (χ3v) is 2.56. The molecule has 0 spiro atoms. The third kappa shape index (κ3) is 2.93. The van der Waals surface area contributed by atoms with Crippen LogP contribution in [0, 0.1) is 0 Å². The first kappa shape index (κ1) is 11.0. The van der Waals surface area contributed by atoms with Crippen molar-refractivity contribution in [3.63, 3.8) is 0 Å². The predicted octanol–water partition coefficient (Wildman–Crippen LogP) is 0.833. The minimum Gasteiger partial charge on any atom is -0.370 e. The maximum atomic E-state index is 5.82. The number of nitrogens with two attached hydrogens (primary N) is 1. The van der Waals surface area contributed by atoms with E-state index in [1.807, 2.05) is 0 Å². The quantitative estimate of drug-likeness (QED) is 0.694. The molecule has 0 aliphatic carbocycles. The van der Waals surface area contributed by atoms with E-state index in [1.165, 1.54) is 0 Å². The van der Waals surface area contributed by atoms with Gasteiger partial charge in [0.05, 0.1) is 11.7 Å². The Labute approximate surface area is 81.2 Å². The summed E-state index contributed by atoms with van der Waals surface area (Å²) < 4.78 is 5.82. The van der Waals surface area contributed by atoms with Crippen LogP contribution < -0.4 is 5.73 Å². The summed E-state index contributed by atoms with van der Waals surface area (Å²) in [6, 6.07) is 0.464. The summed E-state index contributed by atoms with van der Waals surface area (Å²) in [6.07, 6.45) is 0.317. The summed E-state index contributed by atoms with van der Waals surface area (Å²) in [4.78, 5) is 2.41. The van der Waals surface area contributed by atoms with Crippen molar-refractivity contribution in [1.82, 2.24) is 4.90 Å². The Balaban J connectivity index is 2.57. The minimum atomic E-state index is -0.0267. The molecule has 1 heterocycles. The van der Waals surface area contributed by atoms with E-state index in [-0.39, 0.29) is 5.60 Å². The van der Waals surface area contributed by atoms with Crippen LogP contribution in [0.4, 0.5) is 0 Å². The maximum absolute atomic E-state index is 5.82. The molecule has 78 valence electrons. The van der Waals surface area contributed by atoms with Crippen LogP contribution in [0.1, 0.15) is 27.7 Å². The zero-order valence-corrected chi connectivity index (χ0v) is 9.21. The Morgan fingerprint density at radius 2 is 2.23 bits per heavy atom. The lowest BCUT2D eigenvalue weighted by Gasteiger charge is -2.44. The second-order valence-electron chi connectivity index (χ2n) is 4.70. The zero-order chi connectivity index (χ0) is 10.1. The van der Waals surface area contributed by atoms with Crippen LogP contribution in [0.5, 0.6) is 0 Å². The molecule has 1 saturated heterocycles. The van der Waals surface area contributed by atoms with Crippen molar-refractivity contribution in [2.45, 2.75) is 45.4 Å². The number of hydrogen-bond donors (Lipinski definition) is 1. The standard InChI is InChI=1S/C10H22N2O/c1-8(5-11)12-6-9(2)13-10(3,4)7-12/h8-9H,5-7,11H2,1-4H3. The van der Waals surface area contributed by atoms with Gasteiger partial charge in [-0.25, -0.2) is 0 Å². The van der Waals surface area contributed by atoms with Gasteiger partial charge in [-0.1, -0.05) is 0 Å². The third-order valence-electron chi connectivity index (χ3n) is 2.56. The molecule has 0 amide bonds. The van der Waals surface area contributed by atoms with Gasteiger partial charge >= 0.3 is 0 Å². The smallest absolute Gasteiger partial charge is 0.0757 e. The first-order chi connectivity index (χ1) is 5.94. The predicted molar refractivity (Wildman–Crippen MR) is 54.7 cm³/mol. The summed E-state index contributed by atoms with van der Waals surface area (Å²) in [6.45, 7) is 11.3. The molecule has 0 aromatic rings. The maximum Gasteiger partial charge on any atom is 0.0757 e. The molecule has 1 aliphatic heterocycles. The van der Waals surface area contributed by atoms with Crippen LogP contribution in [0.3, 0.4) is 0 Å². The second kappa shape index (κ2) is 3.95. The Bertz CT molecular complexity index is 170. The Morgan fingerprint density at radius 3 is 2.69 bits per heavy atom. The first-order valence-corrected chi connectivity index (χ1v) is 5.06. The molecule has 13 heavy (non-hydrogen) atoms. The van der Waals surface area contributed by atoms with Crippen LogP contribution >= 0.6 is 0 Å². The van der Waals surface area contributed by atoms with E-state index in [9.17, 15) is 0 Å². The monoisotopic (exact) mass is 186 g/mol. The van der Waals surface area contributed by atoms with E-state index in [0.717, 1.165) is 19.6 Å². The highest BCUT2D eigenvalue weighted by molar-refractivity contribution is 4.85. The highest BCUT2D eigenvalue weighted by Gasteiger charge is 2.32. The number of nitrogens with zero attached hydrogens (tertiary/aromatic N) is 1. The average molecular weight is 186 g/mol. The molecule has 0 radical (unpaired) electrons. The van der Waals surface area contributed by atoms with Crippen LogP contribution in [0.2, 0.25) is 0 Å². The Morgan fingerprint density at radius 1 is 1.62 bits per heavy atom. The van der Waals surface area contributed by atoms with Gasteiger partial charge in [-0.05, 0) is 27.7 Å². The van der Waals surface area contributed by atoms with Gasteiger partial charge in [0.15, 0.2) is 0 Å². The van der Waals surface area contributed by atoms with Gasteiger partial charge in [0.1, 0.15) is 0 Å². The van der Waals surface area contributed by atoms with E-state index in [4.69, 9.17) is 10.5 Å². The molecular weight excluding hydrogens is 164 g/mol. The molecular formula is C10H22N2O. The molecule has 2 N–H and O–H groups in total. The van der Waals surface area contributed by atoms with Crippen molar-refractivity contribution < 1.29 is 4.74 Å². The van der Waals surface area contributed by atoms with Crippen molar-refractivity contribution in [3.05, 3.63) is 0 Å². The van der Waals surface area contributed by atoms with Crippen molar-refractivity contribution >= 4 is 0 Å². The van der Waals surface area contributed by atoms with E-state index in [0.29, 0.717) is 12.1 Å². The zero-order valence-electron chi connectivity index (χ0n) is 9.21. The van der Waals surface area contributed by atoms with Crippen LogP contribution in [0.25, 0.3) is 0 Å². The minimum absolute atomic E-state index is 0.0267. The summed E-state index contributed by atoms with van der Waals surface area (Å²) in [7, 11) is 0. The summed E-state index contributed by atoms with van der Waals surface area (Å²) in [5.74, 6) is 0. The van der Waals surface area contributed by atoms with E-state index >= 15 is 0 Å². The lowest BCUT2D eigenvalue weighted by Crippen LogP contribution is -2.55. The average Bonchev–Trinajstić information content (AvgIpc) is 1.99. The highest BCUT2D eigenvalue weighted by atomic mass is 16.5. The molecule has 3 heteroatoms. The Kier molecular flexibility index (Phi) is 3.33. The van der Waals surface area contributed by atoms with Crippen molar-refractivity contribution in [1.29, 1.82) is 0 Å². The fourth-order valence-electron chi connectivity index (χ4n) is 1.99. The van der Waals surface area contributed by atoms with E-state index < -0.39 is 0 Å². The van der Waals surface area contributed by atoms with Crippen molar-refractivity contribution in [2.24, 2.45) is 5.73 Å². The first-order valence-electron chi connectivity index (χ1n) is 5.06. The van der Waals surface area contributed by atoms with Crippen LogP contribution in [-0.4, -0.2) is 42.3 Å². The van der Waals surface area contributed by atoms with Gasteiger partial charge in [-0.15, -0.1) is 0 Å². The largest absolute Gasteiger partial charge is 0.370 e. The molecule has 2 atom stereocenters. The molecule has 1 fully saturated rings. The molecule has 1 rings (SSSR count). The van der Waals surface area contributed by atoms with Crippen LogP contribution in [-0.2, 0) is 4.74 Å².